The summed E-state index contributed by atoms with van der Waals surface area (Å²) in [5.74, 6) is 0.717. The predicted molar refractivity (Wildman–Crippen MR) is 101 cm³/mol. The van der Waals surface area contributed by atoms with Crippen LogP contribution in [0.2, 0.25) is 0 Å². The minimum Gasteiger partial charge on any atom is -0.369 e. The minimum absolute atomic E-state index is 0.0416. The first kappa shape index (κ1) is 17.5. The van der Waals surface area contributed by atoms with E-state index in [-0.39, 0.29) is 11.5 Å². The second-order valence-corrected chi connectivity index (χ2v) is 7.92. The minimum atomic E-state index is -0.213. The van der Waals surface area contributed by atoms with E-state index in [0.717, 1.165) is 56.2 Å². The summed E-state index contributed by atoms with van der Waals surface area (Å²) in [6.45, 7) is 7.91. The summed E-state index contributed by atoms with van der Waals surface area (Å²) >= 11 is 1.59. The molecule has 2 aliphatic rings. The number of amides is 1. The lowest BCUT2D eigenvalue weighted by molar-refractivity contribution is -0.0937. The molecule has 138 valence electrons. The Kier molecular flexibility index (Phi) is 4.93. The Labute approximate surface area is 157 Å². The SMILES string of the molecule is C=CCN1CCC2(CC1)OCCc1cc(C(=O)NCc3ncc[nH]3)sc12. The van der Waals surface area contributed by atoms with E-state index in [1.807, 2.05) is 6.08 Å². The van der Waals surface area contributed by atoms with Gasteiger partial charge in [0.05, 0.1) is 18.0 Å². The normalized spacial score (nSPS) is 19.2. The van der Waals surface area contributed by atoms with Gasteiger partial charge in [-0.1, -0.05) is 6.08 Å². The molecule has 2 aliphatic heterocycles. The Morgan fingerprint density at radius 3 is 3.08 bits per heavy atom. The lowest BCUT2D eigenvalue weighted by Crippen LogP contribution is -2.45. The van der Waals surface area contributed by atoms with Gasteiger partial charge in [0.2, 0.25) is 0 Å². The van der Waals surface area contributed by atoms with Gasteiger partial charge in [-0.3, -0.25) is 9.69 Å². The molecular formula is C19H24N4O2S. The average Bonchev–Trinajstić information content (AvgIpc) is 3.32. The van der Waals surface area contributed by atoms with Gasteiger partial charge < -0.3 is 15.0 Å². The third-order valence-electron chi connectivity index (χ3n) is 5.22. The number of rotatable bonds is 5. The zero-order valence-electron chi connectivity index (χ0n) is 14.8. The van der Waals surface area contributed by atoms with E-state index >= 15 is 0 Å². The molecular weight excluding hydrogens is 348 g/mol. The number of ether oxygens (including phenoxy) is 1. The fourth-order valence-electron chi connectivity index (χ4n) is 3.83. The van der Waals surface area contributed by atoms with Crippen molar-refractivity contribution in [3.63, 3.8) is 0 Å². The Morgan fingerprint density at radius 2 is 2.35 bits per heavy atom. The maximum Gasteiger partial charge on any atom is 0.261 e. The van der Waals surface area contributed by atoms with Crippen molar-refractivity contribution < 1.29 is 9.53 Å². The van der Waals surface area contributed by atoms with E-state index in [0.29, 0.717) is 6.54 Å². The summed E-state index contributed by atoms with van der Waals surface area (Å²) < 4.78 is 6.28. The molecule has 2 aromatic rings. The van der Waals surface area contributed by atoms with Crippen molar-refractivity contribution in [2.24, 2.45) is 0 Å². The topological polar surface area (TPSA) is 70.2 Å². The first-order valence-electron chi connectivity index (χ1n) is 9.07. The molecule has 0 aliphatic carbocycles. The van der Waals surface area contributed by atoms with E-state index in [1.54, 1.807) is 23.7 Å². The molecule has 7 heteroatoms. The van der Waals surface area contributed by atoms with E-state index in [2.05, 4.69) is 32.8 Å². The lowest BCUT2D eigenvalue weighted by Gasteiger charge is -2.43. The first-order valence-corrected chi connectivity index (χ1v) is 9.89. The molecule has 2 N–H and O–H groups in total. The summed E-state index contributed by atoms with van der Waals surface area (Å²) in [5, 5.41) is 2.94. The fourth-order valence-corrected chi connectivity index (χ4v) is 5.16. The largest absolute Gasteiger partial charge is 0.369 e. The summed E-state index contributed by atoms with van der Waals surface area (Å²) in [7, 11) is 0. The zero-order valence-corrected chi connectivity index (χ0v) is 15.6. The van der Waals surface area contributed by atoms with Crippen molar-refractivity contribution in [2.45, 2.75) is 31.4 Å². The number of piperidine rings is 1. The number of carbonyl (C=O) groups excluding carboxylic acids is 1. The predicted octanol–water partition coefficient (Wildman–Crippen LogP) is 2.45. The van der Waals surface area contributed by atoms with E-state index in [1.165, 1.54) is 10.4 Å². The molecule has 0 aromatic carbocycles. The van der Waals surface area contributed by atoms with Crippen LogP contribution >= 0.6 is 11.3 Å². The van der Waals surface area contributed by atoms with Gasteiger partial charge in [0.15, 0.2) is 0 Å². The maximum absolute atomic E-state index is 12.6. The van der Waals surface area contributed by atoms with E-state index in [9.17, 15) is 4.79 Å². The highest BCUT2D eigenvalue weighted by molar-refractivity contribution is 7.14. The summed E-state index contributed by atoms with van der Waals surface area (Å²) in [6, 6.07) is 2.05. The van der Waals surface area contributed by atoms with Crippen molar-refractivity contribution in [2.75, 3.05) is 26.2 Å². The van der Waals surface area contributed by atoms with Crippen LogP contribution < -0.4 is 5.32 Å². The molecule has 0 bridgehead atoms. The second kappa shape index (κ2) is 7.34. The molecule has 0 unspecified atom stereocenters. The number of nitrogens with one attached hydrogen (secondary N) is 2. The third-order valence-corrected chi connectivity index (χ3v) is 6.58. The summed E-state index contributed by atoms with van der Waals surface area (Å²) in [4.78, 5) is 24.1. The zero-order chi connectivity index (χ0) is 18.0. The number of H-pyrrole nitrogens is 1. The monoisotopic (exact) mass is 372 g/mol. The van der Waals surface area contributed by atoms with Gasteiger partial charge in [0, 0.05) is 36.9 Å². The molecule has 4 rings (SSSR count). The van der Waals surface area contributed by atoms with Gasteiger partial charge in [0.1, 0.15) is 11.4 Å². The number of carbonyl (C=O) groups is 1. The maximum atomic E-state index is 12.6. The van der Waals surface area contributed by atoms with Crippen LogP contribution in [0.3, 0.4) is 0 Å². The number of hydrogen-bond acceptors (Lipinski definition) is 5. The summed E-state index contributed by atoms with van der Waals surface area (Å²) in [5.41, 5.74) is 1.07. The van der Waals surface area contributed by atoms with Crippen molar-refractivity contribution in [3.8, 4) is 0 Å². The van der Waals surface area contributed by atoms with Gasteiger partial charge in [-0.15, -0.1) is 17.9 Å². The van der Waals surface area contributed by atoms with Crippen molar-refractivity contribution in [1.82, 2.24) is 20.2 Å². The van der Waals surface area contributed by atoms with Gasteiger partial charge >= 0.3 is 0 Å². The standard InChI is InChI=1S/C19H24N4O2S/c1-2-8-23-9-4-19(5-10-23)17-14(3-11-25-19)12-15(26-17)18(24)22-13-16-20-6-7-21-16/h2,6-7,12H,1,3-5,8-11,13H2,(H,20,21)(H,22,24). The van der Waals surface area contributed by atoms with Crippen molar-refractivity contribution in [3.05, 3.63) is 52.3 Å². The average molecular weight is 372 g/mol. The number of thiophene rings is 1. The highest BCUT2D eigenvalue weighted by atomic mass is 32.1. The van der Waals surface area contributed by atoms with E-state index in [4.69, 9.17) is 4.74 Å². The number of aromatic nitrogens is 2. The Balaban J connectivity index is 1.49. The molecule has 0 atom stereocenters. The Hall–Kier alpha value is -1.96. The van der Waals surface area contributed by atoms with Gasteiger partial charge in [0.25, 0.3) is 5.91 Å². The van der Waals surface area contributed by atoms with Crippen LogP contribution in [0.15, 0.2) is 31.1 Å². The molecule has 1 fully saturated rings. The quantitative estimate of drug-likeness (QED) is 0.791. The Bertz CT molecular complexity index is 776. The van der Waals surface area contributed by atoms with Crippen LogP contribution in [-0.2, 0) is 23.3 Å². The number of nitrogens with zero attached hydrogens (tertiary/aromatic N) is 2. The highest BCUT2D eigenvalue weighted by Gasteiger charge is 2.42. The van der Waals surface area contributed by atoms with Crippen LogP contribution in [0.1, 0.15) is 38.8 Å². The highest BCUT2D eigenvalue weighted by Crippen LogP contribution is 2.45. The van der Waals surface area contributed by atoms with E-state index < -0.39 is 0 Å². The third kappa shape index (κ3) is 3.34. The van der Waals surface area contributed by atoms with Crippen LogP contribution in [0.5, 0.6) is 0 Å². The summed E-state index contributed by atoms with van der Waals surface area (Å²) in [6.07, 6.45) is 8.23. The molecule has 0 saturated carbocycles. The molecule has 0 radical (unpaired) electrons. The molecule has 2 aromatic heterocycles. The lowest BCUT2D eigenvalue weighted by atomic mass is 9.85. The van der Waals surface area contributed by atoms with Crippen LogP contribution in [0.4, 0.5) is 0 Å². The second-order valence-electron chi connectivity index (χ2n) is 6.87. The molecule has 4 heterocycles. The number of hydrogen-bond donors (Lipinski definition) is 2. The van der Waals surface area contributed by atoms with Gasteiger partial charge in [-0.25, -0.2) is 4.98 Å². The number of imidazole rings is 1. The van der Waals surface area contributed by atoms with Crippen LogP contribution in [0, 0.1) is 0 Å². The van der Waals surface area contributed by atoms with Gasteiger partial charge in [-0.05, 0) is 30.9 Å². The molecule has 6 nitrogen and oxygen atoms in total. The fraction of sp³-hybridized carbons (Fsp3) is 0.474. The van der Waals surface area contributed by atoms with Crippen molar-refractivity contribution >= 4 is 17.2 Å². The number of fused-ring (bicyclic) bond motifs is 2. The Morgan fingerprint density at radius 1 is 1.50 bits per heavy atom. The smallest absolute Gasteiger partial charge is 0.261 e. The first-order chi connectivity index (χ1) is 12.7. The van der Waals surface area contributed by atoms with Gasteiger partial charge in [-0.2, -0.15) is 0 Å². The number of likely N-dealkylation sites (tertiary alicyclic amines) is 1. The van der Waals surface area contributed by atoms with Crippen LogP contribution in [-0.4, -0.2) is 47.0 Å². The molecule has 1 spiro atoms. The van der Waals surface area contributed by atoms with Crippen LogP contribution in [0.25, 0.3) is 0 Å². The van der Waals surface area contributed by atoms with Crippen molar-refractivity contribution in [1.29, 1.82) is 0 Å². The molecule has 1 saturated heterocycles. The molecule has 1 amide bonds. The number of aromatic amines is 1. The molecule has 26 heavy (non-hydrogen) atoms.